The van der Waals surface area contributed by atoms with Crippen LogP contribution >= 0.6 is 23.4 Å². The van der Waals surface area contributed by atoms with Crippen LogP contribution in [0.2, 0.25) is 5.02 Å². The molecule has 1 aliphatic carbocycles. The fourth-order valence-corrected chi connectivity index (χ4v) is 3.39. The Labute approximate surface area is 116 Å². The maximum absolute atomic E-state index is 11.5. The molecule has 1 fully saturated rings. The van der Waals surface area contributed by atoms with Crippen LogP contribution in [0.1, 0.15) is 12.8 Å². The summed E-state index contributed by atoms with van der Waals surface area (Å²) in [6, 6.07) is 7.48. The van der Waals surface area contributed by atoms with Crippen molar-refractivity contribution in [3.05, 3.63) is 29.3 Å². The fourth-order valence-electron chi connectivity index (χ4n) is 2.04. The van der Waals surface area contributed by atoms with Crippen LogP contribution in [0.3, 0.4) is 0 Å². The lowest BCUT2D eigenvalue weighted by atomic mass is 9.96. The molecule has 5 heteroatoms. The number of thioether (sulfide) groups is 1. The number of hydrogen-bond acceptors (Lipinski definition) is 3. The van der Waals surface area contributed by atoms with E-state index >= 15 is 0 Å². The van der Waals surface area contributed by atoms with Gasteiger partial charge in [-0.25, -0.2) is 0 Å². The minimum Gasteiger partial charge on any atom is -0.480 e. The van der Waals surface area contributed by atoms with Gasteiger partial charge in [0.2, 0.25) is 0 Å². The zero-order valence-electron chi connectivity index (χ0n) is 10.1. The average Bonchev–Trinajstić information content (AvgIpc) is 3.17. The number of hydrogen-bond donors (Lipinski definition) is 2. The molecule has 0 heterocycles. The lowest BCUT2D eigenvalue weighted by Gasteiger charge is -2.28. The molecule has 0 amide bonds. The van der Waals surface area contributed by atoms with Crippen molar-refractivity contribution in [1.29, 1.82) is 0 Å². The highest BCUT2D eigenvalue weighted by Gasteiger charge is 2.50. The zero-order valence-corrected chi connectivity index (χ0v) is 11.7. The Kier molecular flexibility index (Phi) is 4.20. The summed E-state index contributed by atoms with van der Waals surface area (Å²) in [5.74, 6) is 0.0271. The van der Waals surface area contributed by atoms with E-state index in [4.69, 9.17) is 11.6 Å². The summed E-state index contributed by atoms with van der Waals surface area (Å²) in [6.45, 7) is 0. The molecule has 2 rings (SSSR count). The predicted molar refractivity (Wildman–Crippen MR) is 74.3 cm³/mol. The Balaban J connectivity index is 2.06. The maximum atomic E-state index is 11.5. The van der Waals surface area contributed by atoms with Gasteiger partial charge in [-0.3, -0.25) is 4.79 Å². The van der Waals surface area contributed by atoms with Gasteiger partial charge in [-0.15, -0.1) is 11.8 Å². The van der Waals surface area contributed by atoms with E-state index < -0.39 is 11.5 Å². The summed E-state index contributed by atoms with van der Waals surface area (Å²) in [4.78, 5) is 12.6. The van der Waals surface area contributed by atoms with Gasteiger partial charge in [-0.05, 0) is 50.1 Å². The van der Waals surface area contributed by atoms with Crippen molar-refractivity contribution in [2.75, 3.05) is 12.8 Å². The van der Waals surface area contributed by atoms with Crippen molar-refractivity contribution in [2.24, 2.45) is 5.92 Å². The molecule has 1 aromatic rings. The monoisotopic (exact) mass is 285 g/mol. The summed E-state index contributed by atoms with van der Waals surface area (Å²) in [5, 5.41) is 13.2. The standard InChI is InChI=1S/C13H16ClNO2S/c1-15-13(12(16)17,9-2-3-9)8-18-11-6-4-10(14)5-7-11/h4-7,9,15H,2-3,8H2,1H3,(H,16,17). The molecule has 0 bridgehead atoms. The van der Waals surface area contributed by atoms with E-state index in [0.29, 0.717) is 10.8 Å². The molecular formula is C13H16ClNO2S. The SMILES string of the molecule is CNC(CSc1ccc(Cl)cc1)(C(=O)O)C1CC1. The van der Waals surface area contributed by atoms with Gasteiger partial charge in [-0.1, -0.05) is 11.6 Å². The van der Waals surface area contributed by atoms with Crippen LogP contribution in [0.4, 0.5) is 0 Å². The van der Waals surface area contributed by atoms with E-state index in [-0.39, 0.29) is 5.92 Å². The summed E-state index contributed by atoms with van der Waals surface area (Å²) < 4.78 is 0. The molecule has 1 saturated carbocycles. The lowest BCUT2D eigenvalue weighted by Crippen LogP contribution is -2.54. The molecule has 1 aliphatic rings. The Hall–Kier alpha value is -0.710. The highest BCUT2D eigenvalue weighted by atomic mass is 35.5. The quantitative estimate of drug-likeness (QED) is 0.789. The predicted octanol–water partition coefficient (Wildman–Crippen LogP) is 2.88. The molecule has 0 aromatic heterocycles. The second-order valence-corrected chi connectivity index (χ2v) is 6.03. The van der Waals surface area contributed by atoms with Gasteiger partial charge < -0.3 is 10.4 Å². The van der Waals surface area contributed by atoms with Crippen molar-refractivity contribution >= 4 is 29.3 Å². The van der Waals surface area contributed by atoms with Crippen LogP contribution in [0.15, 0.2) is 29.2 Å². The van der Waals surface area contributed by atoms with Gasteiger partial charge in [0.1, 0.15) is 5.54 Å². The first-order valence-electron chi connectivity index (χ1n) is 5.89. The number of carboxylic acids is 1. The summed E-state index contributed by atoms with van der Waals surface area (Å²) in [5.41, 5.74) is -0.801. The number of rotatable bonds is 6. The molecule has 0 saturated heterocycles. The number of carboxylic acid groups (broad SMARTS) is 1. The Morgan fingerprint density at radius 3 is 2.56 bits per heavy atom. The normalized spacial score (nSPS) is 18.3. The van der Waals surface area contributed by atoms with Gasteiger partial charge in [-0.2, -0.15) is 0 Å². The number of aliphatic carboxylic acids is 1. The first kappa shape index (κ1) is 13.7. The Bertz CT molecular complexity index is 433. The summed E-state index contributed by atoms with van der Waals surface area (Å²) in [6.07, 6.45) is 1.99. The van der Waals surface area contributed by atoms with E-state index in [0.717, 1.165) is 17.7 Å². The number of nitrogens with one attached hydrogen (secondary N) is 1. The van der Waals surface area contributed by atoms with Gasteiger partial charge in [0.05, 0.1) is 0 Å². The minimum atomic E-state index is -0.801. The van der Waals surface area contributed by atoms with Crippen LogP contribution in [0, 0.1) is 5.92 Å². The first-order valence-corrected chi connectivity index (χ1v) is 7.25. The fraction of sp³-hybridized carbons (Fsp3) is 0.462. The smallest absolute Gasteiger partial charge is 0.325 e. The lowest BCUT2D eigenvalue weighted by molar-refractivity contribution is -0.144. The van der Waals surface area contributed by atoms with E-state index in [1.54, 1.807) is 18.8 Å². The molecule has 1 aromatic carbocycles. The van der Waals surface area contributed by atoms with E-state index in [1.807, 2.05) is 24.3 Å². The zero-order chi connectivity index (χ0) is 13.2. The van der Waals surface area contributed by atoms with Gasteiger partial charge in [0.15, 0.2) is 0 Å². The van der Waals surface area contributed by atoms with Crippen LogP contribution < -0.4 is 5.32 Å². The third-order valence-electron chi connectivity index (χ3n) is 3.38. The van der Waals surface area contributed by atoms with E-state index in [9.17, 15) is 9.90 Å². The highest BCUT2D eigenvalue weighted by Crippen LogP contribution is 2.42. The maximum Gasteiger partial charge on any atom is 0.325 e. The molecule has 2 N–H and O–H groups in total. The molecule has 0 radical (unpaired) electrons. The summed E-state index contributed by atoms with van der Waals surface area (Å²) >= 11 is 7.38. The number of benzene rings is 1. The molecule has 1 unspecified atom stereocenters. The Morgan fingerprint density at radius 1 is 1.50 bits per heavy atom. The van der Waals surface area contributed by atoms with Crippen molar-refractivity contribution in [3.63, 3.8) is 0 Å². The molecular weight excluding hydrogens is 270 g/mol. The van der Waals surface area contributed by atoms with Crippen molar-refractivity contribution in [3.8, 4) is 0 Å². The van der Waals surface area contributed by atoms with Crippen LogP contribution in [-0.4, -0.2) is 29.4 Å². The van der Waals surface area contributed by atoms with Crippen LogP contribution in [0.5, 0.6) is 0 Å². The second kappa shape index (κ2) is 5.51. The van der Waals surface area contributed by atoms with Crippen LogP contribution in [0.25, 0.3) is 0 Å². The molecule has 1 atom stereocenters. The topological polar surface area (TPSA) is 49.3 Å². The van der Waals surface area contributed by atoms with Crippen molar-refractivity contribution in [1.82, 2.24) is 5.32 Å². The molecule has 0 spiro atoms. The molecule has 98 valence electrons. The number of likely N-dealkylation sites (N-methyl/N-ethyl adjacent to an activating group) is 1. The third kappa shape index (κ3) is 2.82. The highest BCUT2D eigenvalue weighted by molar-refractivity contribution is 7.99. The molecule has 0 aliphatic heterocycles. The van der Waals surface area contributed by atoms with E-state index in [2.05, 4.69) is 5.32 Å². The minimum absolute atomic E-state index is 0.250. The van der Waals surface area contributed by atoms with Crippen molar-refractivity contribution in [2.45, 2.75) is 23.3 Å². The number of carbonyl (C=O) groups is 1. The summed E-state index contributed by atoms with van der Waals surface area (Å²) in [7, 11) is 1.73. The third-order valence-corrected chi connectivity index (χ3v) is 4.84. The largest absolute Gasteiger partial charge is 0.480 e. The first-order chi connectivity index (χ1) is 8.58. The van der Waals surface area contributed by atoms with Gasteiger partial charge in [0.25, 0.3) is 0 Å². The number of halogens is 1. The Morgan fingerprint density at radius 2 is 2.11 bits per heavy atom. The van der Waals surface area contributed by atoms with Crippen LogP contribution in [-0.2, 0) is 4.79 Å². The molecule has 3 nitrogen and oxygen atoms in total. The second-order valence-electron chi connectivity index (χ2n) is 4.54. The molecule has 18 heavy (non-hydrogen) atoms. The van der Waals surface area contributed by atoms with E-state index in [1.165, 1.54) is 0 Å². The average molecular weight is 286 g/mol. The van der Waals surface area contributed by atoms with Crippen molar-refractivity contribution < 1.29 is 9.90 Å². The van der Waals surface area contributed by atoms with Gasteiger partial charge >= 0.3 is 5.97 Å². The van der Waals surface area contributed by atoms with Gasteiger partial charge in [0, 0.05) is 15.7 Å².